The van der Waals surface area contributed by atoms with E-state index in [2.05, 4.69) is 22.0 Å². The van der Waals surface area contributed by atoms with Crippen molar-refractivity contribution in [3.63, 3.8) is 0 Å². The van der Waals surface area contributed by atoms with Gasteiger partial charge in [0, 0.05) is 32.3 Å². The number of aliphatic hydroxyl groups is 2. The molecule has 5 nitrogen and oxygen atoms in total. The second kappa shape index (κ2) is 5.89. The molecule has 2 atom stereocenters. The van der Waals surface area contributed by atoms with E-state index < -0.39 is 11.7 Å². The molecule has 3 heterocycles. The number of aryl methyl sites for hydroxylation is 1. The number of rotatable bonds is 2. The van der Waals surface area contributed by atoms with Gasteiger partial charge in [0.05, 0.1) is 23.5 Å². The van der Waals surface area contributed by atoms with Crippen LogP contribution < -0.4 is 0 Å². The molecule has 1 aromatic rings. The molecule has 22 heavy (non-hydrogen) atoms. The van der Waals surface area contributed by atoms with E-state index in [0.717, 1.165) is 38.2 Å². The molecule has 1 spiro atoms. The van der Waals surface area contributed by atoms with Gasteiger partial charge in [0.25, 0.3) is 0 Å². The number of aromatic nitrogens is 1. The Kier molecular flexibility index (Phi) is 4.25. The van der Waals surface area contributed by atoms with Gasteiger partial charge in [-0.15, -0.1) is 0 Å². The van der Waals surface area contributed by atoms with E-state index in [1.807, 2.05) is 13.1 Å². The van der Waals surface area contributed by atoms with Crippen molar-refractivity contribution < 1.29 is 14.9 Å². The molecule has 2 saturated heterocycles. The fraction of sp³-hybridized carbons (Fsp3) is 0.706. The van der Waals surface area contributed by atoms with E-state index in [4.69, 9.17) is 4.74 Å². The quantitative estimate of drug-likeness (QED) is 0.861. The number of hydrogen-bond donors (Lipinski definition) is 2. The number of hydrogen-bond acceptors (Lipinski definition) is 5. The third-order valence-electron chi connectivity index (χ3n) is 5.07. The maximum atomic E-state index is 10.3. The average molecular weight is 306 g/mol. The topological polar surface area (TPSA) is 65.8 Å². The third-order valence-corrected chi connectivity index (χ3v) is 5.07. The third kappa shape index (κ3) is 3.33. The van der Waals surface area contributed by atoms with Crippen LogP contribution >= 0.6 is 0 Å². The zero-order valence-corrected chi connectivity index (χ0v) is 13.5. The zero-order chi connectivity index (χ0) is 15.8. The summed E-state index contributed by atoms with van der Waals surface area (Å²) in [4.78, 5) is 6.84. The molecule has 0 bridgehead atoms. The van der Waals surface area contributed by atoms with Crippen molar-refractivity contribution in [3.05, 3.63) is 29.6 Å². The van der Waals surface area contributed by atoms with Crippen LogP contribution in [0.2, 0.25) is 0 Å². The fourth-order valence-corrected chi connectivity index (χ4v) is 3.52. The Balaban J connectivity index is 1.57. The van der Waals surface area contributed by atoms with E-state index >= 15 is 0 Å². The minimum absolute atomic E-state index is 0.229. The Morgan fingerprint density at radius 1 is 1.36 bits per heavy atom. The predicted molar refractivity (Wildman–Crippen MR) is 83.4 cm³/mol. The van der Waals surface area contributed by atoms with Gasteiger partial charge in [-0.25, -0.2) is 0 Å². The maximum Gasteiger partial charge on any atom is 0.106 e. The average Bonchev–Trinajstić information content (AvgIpc) is 2.48. The van der Waals surface area contributed by atoms with Gasteiger partial charge in [-0.05, 0) is 38.3 Å². The molecule has 0 aliphatic carbocycles. The van der Waals surface area contributed by atoms with Crippen molar-refractivity contribution in [3.8, 4) is 0 Å². The minimum Gasteiger partial charge on any atom is -0.388 e. The van der Waals surface area contributed by atoms with Crippen molar-refractivity contribution in [1.29, 1.82) is 0 Å². The summed E-state index contributed by atoms with van der Waals surface area (Å²) >= 11 is 0. The Bertz CT molecular complexity index is 507. The second-order valence-electron chi connectivity index (χ2n) is 7.15. The number of pyridine rings is 1. The van der Waals surface area contributed by atoms with Crippen LogP contribution in [0.25, 0.3) is 0 Å². The smallest absolute Gasteiger partial charge is 0.106 e. The van der Waals surface area contributed by atoms with Crippen molar-refractivity contribution in [2.45, 2.75) is 57.0 Å². The highest BCUT2D eigenvalue weighted by Gasteiger charge is 2.48. The normalized spacial score (nSPS) is 32.3. The molecule has 0 unspecified atom stereocenters. The molecule has 1 aromatic heterocycles. The largest absolute Gasteiger partial charge is 0.388 e. The first-order valence-electron chi connectivity index (χ1n) is 8.07. The summed E-state index contributed by atoms with van der Waals surface area (Å²) < 4.78 is 5.92. The van der Waals surface area contributed by atoms with E-state index in [9.17, 15) is 10.2 Å². The van der Waals surface area contributed by atoms with Gasteiger partial charge >= 0.3 is 0 Å². The summed E-state index contributed by atoms with van der Waals surface area (Å²) in [6.07, 6.45) is 3.41. The molecule has 2 aliphatic heterocycles. The molecule has 3 rings (SSSR count). The number of nitrogens with zero attached hydrogens (tertiary/aromatic N) is 2. The summed E-state index contributed by atoms with van der Waals surface area (Å²) in [5.74, 6) is 0. The molecule has 0 radical (unpaired) electrons. The highest BCUT2D eigenvalue weighted by molar-refractivity contribution is 5.12. The Morgan fingerprint density at radius 2 is 2.09 bits per heavy atom. The van der Waals surface area contributed by atoms with Gasteiger partial charge < -0.3 is 14.9 Å². The van der Waals surface area contributed by atoms with Gasteiger partial charge in [0.1, 0.15) is 6.10 Å². The van der Waals surface area contributed by atoms with Crippen molar-refractivity contribution in [2.75, 3.05) is 19.7 Å². The van der Waals surface area contributed by atoms with Gasteiger partial charge in [-0.3, -0.25) is 9.88 Å². The van der Waals surface area contributed by atoms with Gasteiger partial charge in [0.15, 0.2) is 0 Å². The first-order valence-corrected chi connectivity index (χ1v) is 8.07. The van der Waals surface area contributed by atoms with Crippen LogP contribution in [0.4, 0.5) is 0 Å². The van der Waals surface area contributed by atoms with Crippen LogP contribution in [0.1, 0.15) is 37.4 Å². The van der Waals surface area contributed by atoms with Crippen LogP contribution in [0.5, 0.6) is 0 Å². The summed E-state index contributed by atoms with van der Waals surface area (Å²) in [7, 11) is 0. The predicted octanol–water partition coefficient (Wildman–Crippen LogP) is 1.26. The number of aliphatic hydroxyl groups excluding tert-OH is 1. The lowest BCUT2D eigenvalue weighted by molar-refractivity contribution is -0.223. The minimum atomic E-state index is -1.04. The van der Waals surface area contributed by atoms with Gasteiger partial charge in [0.2, 0.25) is 0 Å². The Labute approximate surface area is 131 Å². The summed E-state index contributed by atoms with van der Waals surface area (Å²) in [5, 5.41) is 20.2. The van der Waals surface area contributed by atoms with E-state index in [1.165, 1.54) is 5.56 Å². The van der Waals surface area contributed by atoms with Crippen molar-refractivity contribution in [2.24, 2.45) is 0 Å². The molecule has 122 valence electrons. The van der Waals surface area contributed by atoms with Gasteiger partial charge in [-0.2, -0.15) is 0 Å². The highest BCUT2D eigenvalue weighted by atomic mass is 16.5. The number of likely N-dealkylation sites (tertiary alicyclic amines) is 1. The monoisotopic (exact) mass is 306 g/mol. The fourth-order valence-electron chi connectivity index (χ4n) is 3.52. The van der Waals surface area contributed by atoms with Crippen molar-refractivity contribution in [1.82, 2.24) is 9.88 Å². The summed E-state index contributed by atoms with van der Waals surface area (Å²) in [6, 6.07) is 4.18. The maximum absolute atomic E-state index is 10.3. The lowest BCUT2D eigenvalue weighted by Crippen LogP contribution is -2.59. The highest BCUT2D eigenvalue weighted by Crippen LogP contribution is 2.39. The Hall–Kier alpha value is -1.01. The van der Waals surface area contributed by atoms with Crippen LogP contribution in [-0.4, -0.2) is 57.1 Å². The number of ether oxygens (including phenoxy) is 1. The number of piperidine rings is 1. The molecule has 0 saturated carbocycles. The lowest BCUT2D eigenvalue weighted by atomic mass is 9.76. The second-order valence-corrected chi connectivity index (χ2v) is 7.15. The molecule has 2 N–H and O–H groups in total. The molecular formula is C17H26N2O3. The van der Waals surface area contributed by atoms with Crippen LogP contribution in [0.15, 0.2) is 18.3 Å². The van der Waals surface area contributed by atoms with Gasteiger partial charge in [-0.1, -0.05) is 6.07 Å². The molecule has 5 heteroatoms. The molecule has 0 amide bonds. The first-order chi connectivity index (χ1) is 10.4. The molecular weight excluding hydrogens is 280 g/mol. The summed E-state index contributed by atoms with van der Waals surface area (Å²) in [6.45, 7) is 6.71. The van der Waals surface area contributed by atoms with E-state index in [-0.39, 0.29) is 12.2 Å². The molecule has 2 fully saturated rings. The first kappa shape index (κ1) is 15.9. The standard InChI is InChI=1S/C17H26N2O3/c1-13-3-4-14(18-9-13)10-19-7-5-17(6-8-19)12-16(2,21)15(20)11-22-17/h3-4,9,15,20-21H,5-8,10-12H2,1-2H3/t15-,16-/m0/s1. The lowest BCUT2D eigenvalue weighted by Gasteiger charge is -2.49. The summed E-state index contributed by atoms with van der Waals surface area (Å²) in [5.41, 5.74) is 0.949. The van der Waals surface area contributed by atoms with Crippen LogP contribution in [-0.2, 0) is 11.3 Å². The molecule has 2 aliphatic rings. The van der Waals surface area contributed by atoms with Crippen LogP contribution in [0.3, 0.4) is 0 Å². The van der Waals surface area contributed by atoms with Crippen LogP contribution in [0, 0.1) is 6.92 Å². The van der Waals surface area contributed by atoms with Crippen molar-refractivity contribution >= 4 is 0 Å². The SMILES string of the molecule is Cc1ccc(CN2CCC3(CC2)C[C@](C)(O)[C@@H](O)CO3)nc1. The van der Waals surface area contributed by atoms with E-state index in [0.29, 0.717) is 6.42 Å². The molecule has 0 aromatic carbocycles. The Morgan fingerprint density at radius 3 is 2.68 bits per heavy atom. The zero-order valence-electron chi connectivity index (χ0n) is 13.5. The van der Waals surface area contributed by atoms with E-state index in [1.54, 1.807) is 6.92 Å².